The molecule has 0 aromatic heterocycles. The summed E-state index contributed by atoms with van der Waals surface area (Å²) in [4.78, 5) is 25.4. The minimum atomic E-state index is -3.80. The van der Waals surface area contributed by atoms with Crippen molar-refractivity contribution in [3.05, 3.63) is 95.1 Å². The van der Waals surface area contributed by atoms with Crippen LogP contribution in [0.15, 0.2) is 72.8 Å². The van der Waals surface area contributed by atoms with Gasteiger partial charge in [0, 0.05) is 16.8 Å². The molecule has 172 valence electrons. The number of amides is 1. The molecule has 3 aromatic carbocycles. The van der Waals surface area contributed by atoms with E-state index in [1.165, 1.54) is 18.2 Å². The summed E-state index contributed by atoms with van der Waals surface area (Å²) in [6, 6.07) is 19.6. The van der Waals surface area contributed by atoms with Gasteiger partial charge in [0.05, 0.1) is 17.2 Å². The Balaban J connectivity index is 1.94. The van der Waals surface area contributed by atoms with Crippen LogP contribution >= 0.6 is 12.6 Å². The van der Waals surface area contributed by atoms with Crippen molar-refractivity contribution in [2.24, 2.45) is 0 Å². The van der Waals surface area contributed by atoms with Crippen molar-refractivity contribution in [2.75, 3.05) is 15.8 Å². The van der Waals surface area contributed by atoms with E-state index in [4.69, 9.17) is 0 Å². The van der Waals surface area contributed by atoms with Crippen molar-refractivity contribution in [2.45, 2.75) is 18.7 Å². The smallest absolute Gasteiger partial charge is 0.283 e. The molecule has 0 heterocycles. The van der Waals surface area contributed by atoms with Gasteiger partial charge in [-0.05, 0) is 30.7 Å². The van der Waals surface area contributed by atoms with Crippen molar-refractivity contribution in [1.82, 2.24) is 0 Å². The van der Waals surface area contributed by atoms with Gasteiger partial charge in [-0.15, -0.1) is 0 Å². The Kier molecular flexibility index (Phi) is 7.91. The molecule has 3 aromatic rings. The largest absolute Gasteiger partial charge is 0.347 e. The molecule has 0 aliphatic heterocycles. The molecule has 0 aliphatic carbocycles. The van der Waals surface area contributed by atoms with E-state index >= 15 is 0 Å². The van der Waals surface area contributed by atoms with Crippen molar-refractivity contribution in [1.29, 1.82) is 0 Å². The summed E-state index contributed by atoms with van der Waals surface area (Å²) in [5, 5.41) is 2.69. The van der Waals surface area contributed by atoms with Gasteiger partial charge in [-0.25, -0.2) is 8.42 Å². The van der Waals surface area contributed by atoms with Gasteiger partial charge in [-0.2, -0.15) is 12.6 Å². The predicted molar refractivity (Wildman–Crippen MR) is 133 cm³/mol. The number of carbonyl (C=O) groups is 2. The third-order valence-electron chi connectivity index (χ3n) is 4.90. The van der Waals surface area contributed by atoms with Crippen LogP contribution in [0.5, 0.6) is 0 Å². The van der Waals surface area contributed by atoms with Crippen molar-refractivity contribution in [3.8, 4) is 0 Å². The number of rotatable bonds is 9. The highest BCUT2D eigenvalue weighted by molar-refractivity contribution is 7.91. The van der Waals surface area contributed by atoms with Gasteiger partial charge < -0.3 is 11.1 Å². The zero-order chi connectivity index (χ0) is 24.0. The maximum absolute atomic E-state index is 13.2. The Labute approximate surface area is 198 Å². The van der Waals surface area contributed by atoms with Crippen LogP contribution in [0.25, 0.3) is 0 Å². The maximum atomic E-state index is 13.2. The number of hydrogen-bond acceptors (Lipinski definition) is 5. The normalized spacial score (nSPS) is 12.1. The van der Waals surface area contributed by atoms with Gasteiger partial charge in [-0.3, -0.25) is 14.3 Å². The number of anilines is 2. The first kappa shape index (κ1) is 24.5. The second kappa shape index (κ2) is 10.7. The van der Waals surface area contributed by atoms with Gasteiger partial charge in [0.2, 0.25) is 10.0 Å². The standard InChI is InChI=1S/C24H25N3O4S2/c1-16-7-9-17(10-8-16)15-33(30,31)27-22-12-11-19(26-24(29)21(25)14-32)13-20(22)23(28)18-5-3-2-4-6-18/h2-13,21,27,32H,14-15,25H2,1H3,(H,26,29)/p+1/t21-/m0/s1. The molecule has 0 radical (unpaired) electrons. The lowest BCUT2D eigenvalue weighted by Crippen LogP contribution is -2.67. The molecule has 0 fully saturated rings. The monoisotopic (exact) mass is 484 g/mol. The molecule has 1 atom stereocenters. The number of sulfonamides is 1. The molecule has 0 aliphatic rings. The molecular formula is C24H26N3O4S2+. The van der Waals surface area contributed by atoms with E-state index in [9.17, 15) is 18.0 Å². The summed E-state index contributed by atoms with van der Waals surface area (Å²) in [6.07, 6.45) is 0. The van der Waals surface area contributed by atoms with Crippen LogP contribution in [0.4, 0.5) is 11.4 Å². The number of nitrogens with one attached hydrogen (secondary N) is 2. The fraction of sp³-hybridized carbons (Fsp3) is 0.167. The molecule has 5 N–H and O–H groups in total. The molecule has 0 spiro atoms. The molecule has 33 heavy (non-hydrogen) atoms. The fourth-order valence-electron chi connectivity index (χ4n) is 3.08. The van der Waals surface area contributed by atoms with Gasteiger partial charge in [0.15, 0.2) is 11.8 Å². The SMILES string of the molecule is Cc1ccc(CS(=O)(=O)Nc2ccc(NC(=O)[C@@H]([NH3+])CS)cc2C(=O)c2ccccc2)cc1. The fourth-order valence-corrected chi connectivity index (χ4v) is 4.46. The topological polar surface area (TPSA) is 120 Å². The summed E-state index contributed by atoms with van der Waals surface area (Å²) < 4.78 is 28.2. The highest BCUT2D eigenvalue weighted by Gasteiger charge is 2.21. The van der Waals surface area contributed by atoms with E-state index in [0.29, 0.717) is 16.8 Å². The number of ketones is 1. The molecule has 9 heteroatoms. The minimum absolute atomic E-state index is 0.123. The molecule has 1 amide bonds. The van der Waals surface area contributed by atoms with E-state index in [0.717, 1.165) is 5.56 Å². The zero-order valence-electron chi connectivity index (χ0n) is 18.1. The van der Waals surface area contributed by atoms with Crippen LogP contribution < -0.4 is 15.8 Å². The number of quaternary nitrogens is 1. The molecule has 0 bridgehead atoms. The predicted octanol–water partition coefficient (Wildman–Crippen LogP) is 2.65. The maximum Gasteiger partial charge on any atom is 0.283 e. The molecule has 7 nitrogen and oxygen atoms in total. The lowest BCUT2D eigenvalue weighted by molar-refractivity contribution is -0.395. The van der Waals surface area contributed by atoms with Gasteiger partial charge in [-0.1, -0.05) is 60.2 Å². The molecule has 3 rings (SSSR count). The van der Waals surface area contributed by atoms with Gasteiger partial charge >= 0.3 is 0 Å². The Morgan fingerprint density at radius 2 is 1.67 bits per heavy atom. The average Bonchev–Trinajstić information content (AvgIpc) is 2.80. The zero-order valence-corrected chi connectivity index (χ0v) is 19.8. The van der Waals surface area contributed by atoms with Crippen LogP contribution in [0, 0.1) is 6.92 Å². The third-order valence-corrected chi connectivity index (χ3v) is 6.59. The third kappa shape index (κ3) is 6.67. The van der Waals surface area contributed by atoms with Gasteiger partial charge in [0.25, 0.3) is 5.91 Å². The highest BCUT2D eigenvalue weighted by Crippen LogP contribution is 2.25. The van der Waals surface area contributed by atoms with E-state index in [2.05, 4.69) is 28.4 Å². The van der Waals surface area contributed by atoms with E-state index in [1.54, 1.807) is 42.5 Å². The van der Waals surface area contributed by atoms with Gasteiger partial charge in [0.1, 0.15) is 0 Å². The van der Waals surface area contributed by atoms with Crippen LogP contribution in [-0.4, -0.2) is 31.9 Å². The van der Waals surface area contributed by atoms with Crippen molar-refractivity contribution >= 4 is 45.7 Å². The van der Waals surface area contributed by atoms with E-state index in [-0.39, 0.29) is 34.4 Å². The van der Waals surface area contributed by atoms with E-state index in [1.807, 2.05) is 19.1 Å². The van der Waals surface area contributed by atoms with Crippen LogP contribution in [-0.2, 0) is 20.6 Å². The first-order valence-electron chi connectivity index (χ1n) is 10.2. The molecule has 0 unspecified atom stereocenters. The second-order valence-corrected chi connectivity index (χ2v) is 9.76. The second-order valence-electron chi connectivity index (χ2n) is 7.67. The summed E-state index contributed by atoms with van der Waals surface area (Å²) in [7, 11) is -3.80. The summed E-state index contributed by atoms with van der Waals surface area (Å²) >= 11 is 4.08. The lowest BCUT2D eigenvalue weighted by Gasteiger charge is -2.15. The minimum Gasteiger partial charge on any atom is -0.347 e. The number of hydrogen-bond donors (Lipinski definition) is 4. The van der Waals surface area contributed by atoms with Crippen molar-refractivity contribution in [3.63, 3.8) is 0 Å². The first-order chi connectivity index (χ1) is 15.7. The Hall–Kier alpha value is -3.14. The van der Waals surface area contributed by atoms with Crippen LogP contribution in [0.3, 0.4) is 0 Å². The molecule has 0 saturated carbocycles. The Morgan fingerprint density at radius 1 is 1.00 bits per heavy atom. The summed E-state index contributed by atoms with van der Waals surface area (Å²) in [5.74, 6) is -0.704. The number of aryl methyl sites for hydroxylation is 1. The lowest BCUT2D eigenvalue weighted by atomic mass is 10.0. The Morgan fingerprint density at radius 3 is 2.30 bits per heavy atom. The number of carbonyl (C=O) groups excluding carboxylic acids is 2. The first-order valence-corrected chi connectivity index (χ1v) is 12.5. The summed E-state index contributed by atoms with van der Waals surface area (Å²) in [5.41, 5.74) is 6.38. The van der Waals surface area contributed by atoms with Crippen LogP contribution in [0.2, 0.25) is 0 Å². The number of benzene rings is 3. The molecule has 0 saturated heterocycles. The molecular weight excluding hydrogens is 458 g/mol. The Bertz CT molecular complexity index is 1240. The summed E-state index contributed by atoms with van der Waals surface area (Å²) in [6.45, 7) is 1.92. The average molecular weight is 485 g/mol. The van der Waals surface area contributed by atoms with Crippen molar-refractivity contribution < 1.29 is 23.7 Å². The van der Waals surface area contributed by atoms with E-state index < -0.39 is 16.1 Å². The highest BCUT2D eigenvalue weighted by atomic mass is 32.2. The van der Waals surface area contributed by atoms with Crippen LogP contribution in [0.1, 0.15) is 27.0 Å². The quantitative estimate of drug-likeness (QED) is 0.276. The number of thiol groups is 1.